The van der Waals surface area contributed by atoms with Crippen molar-refractivity contribution in [3.8, 4) is 11.8 Å². The molecule has 1 amide bonds. The second-order valence-electron chi connectivity index (χ2n) is 8.00. The molecule has 1 heterocycles. The zero-order valence-electron chi connectivity index (χ0n) is 18.0. The van der Waals surface area contributed by atoms with Gasteiger partial charge in [0.05, 0.1) is 27.9 Å². The third-order valence-corrected chi connectivity index (χ3v) is 6.73. The van der Waals surface area contributed by atoms with Gasteiger partial charge in [-0.1, -0.05) is 30.0 Å². The Morgan fingerprint density at radius 1 is 1.12 bits per heavy atom. The van der Waals surface area contributed by atoms with E-state index in [9.17, 15) is 14.0 Å². The summed E-state index contributed by atoms with van der Waals surface area (Å²) in [4.78, 5) is 30.5. The largest absolute Gasteiger partial charge is 0.325 e. The maximum Gasteiger partial charge on any atom is 0.266 e. The highest BCUT2D eigenvalue weighted by Crippen LogP contribution is 2.26. The first-order valence-corrected chi connectivity index (χ1v) is 11.8. The number of hydrogen-bond acceptors (Lipinski definition) is 5. The predicted octanol–water partition coefficient (Wildman–Crippen LogP) is 4.62. The predicted molar refractivity (Wildman–Crippen MR) is 130 cm³/mol. The van der Waals surface area contributed by atoms with Crippen molar-refractivity contribution in [3.05, 3.63) is 93.5 Å². The average molecular weight is 471 g/mol. The van der Waals surface area contributed by atoms with Crippen LogP contribution in [0.3, 0.4) is 0 Å². The van der Waals surface area contributed by atoms with E-state index in [2.05, 4.69) is 10.3 Å². The van der Waals surface area contributed by atoms with Gasteiger partial charge >= 0.3 is 0 Å². The number of hydrogen-bond donors (Lipinski definition) is 1. The molecule has 3 aromatic carbocycles. The first-order valence-electron chi connectivity index (χ1n) is 10.8. The number of fused-ring (bicyclic) bond motifs is 2. The number of aryl methyl sites for hydroxylation is 2. The fraction of sp³-hybridized carbons (Fsp3) is 0.154. The number of halogens is 1. The molecular weight excluding hydrogens is 451 g/mol. The summed E-state index contributed by atoms with van der Waals surface area (Å²) < 4.78 is 15.6. The molecule has 0 bridgehead atoms. The summed E-state index contributed by atoms with van der Waals surface area (Å²) >= 11 is 1.09. The molecule has 1 aliphatic carbocycles. The smallest absolute Gasteiger partial charge is 0.266 e. The lowest BCUT2D eigenvalue weighted by molar-refractivity contribution is -0.113. The van der Waals surface area contributed by atoms with Gasteiger partial charge in [-0.3, -0.25) is 14.2 Å². The Bertz CT molecular complexity index is 1540. The zero-order valence-corrected chi connectivity index (χ0v) is 18.9. The van der Waals surface area contributed by atoms with Crippen molar-refractivity contribution in [1.82, 2.24) is 9.55 Å². The number of carbonyl (C=O) groups excluding carboxylic acids is 1. The normalized spacial score (nSPS) is 12.4. The molecule has 4 aromatic rings. The summed E-state index contributed by atoms with van der Waals surface area (Å²) in [5, 5.41) is 12.6. The topological polar surface area (TPSA) is 87.8 Å². The van der Waals surface area contributed by atoms with E-state index >= 15 is 0 Å². The van der Waals surface area contributed by atoms with E-state index in [1.54, 1.807) is 30.3 Å². The Morgan fingerprint density at radius 2 is 1.94 bits per heavy atom. The van der Waals surface area contributed by atoms with Crippen LogP contribution >= 0.6 is 11.8 Å². The molecule has 5 rings (SSSR count). The van der Waals surface area contributed by atoms with Crippen LogP contribution in [0.5, 0.6) is 0 Å². The van der Waals surface area contributed by atoms with E-state index in [0.717, 1.165) is 42.8 Å². The number of para-hydroxylation sites is 1. The third-order valence-electron chi connectivity index (χ3n) is 5.79. The number of amides is 1. The fourth-order valence-electron chi connectivity index (χ4n) is 4.15. The Labute approximate surface area is 199 Å². The van der Waals surface area contributed by atoms with Crippen LogP contribution in [0.2, 0.25) is 0 Å². The van der Waals surface area contributed by atoms with Crippen LogP contribution in [-0.2, 0) is 17.6 Å². The van der Waals surface area contributed by atoms with Gasteiger partial charge in [0.1, 0.15) is 11.9 Å². The monoisotopic (exact) mass is 470 g/mol. The Hall–Kier alpha value is -3.96. The van der Waals surface area contributed by atoms with Crippen LogP contribution in [-0.4, -0.2) is 21.2 Å². The summed E-state index contributed by atoms with van der Waals surface area (Å²) in [6.07, 6.45) is 3.21. The number of thioether (sulfide) groups is 1. The molecule has 1 aliphatic rings. The Kier molecular flexibility index (Phi) is 5.86. The van der Waals surface area contributed by atoms with Crippen molar-refractivity contribution < 1.29 is 9.18 Å². The van der Waals surface area contributed by atoms with Crippen molar-refractivity contribution in [1.29, 1.82) is 5.26 Å². The van der Waals surface area contributed by atoms with Crippen molar-refractivity contribution in [2.45, 2.75) is 24.4 Å². The molecular formula is C26H19FN4O2S. The van der Waals surface area contributed by atoms with Crippen molar-refractivity contribution >= 4 is 34.3 Å². The van der Waals surface area contributed by atoms with Gasteiger partial charge in [0.15, 0.2) is 5.16 Å². The number of carbonyl (C=O) groups is 1. The van der Waals surface area contributed by atoms with E-state index in [1.165, 1.54) is 27.8 Å². The lowest BCUT2D eigenvalue weighted by atomic mass is 10.1. The number of anilines is 1. The molecule has 8 heteroatoms. The van der Waals surface area contributed by atoms with Crippen LogP contribution in [0.1, 0.15) is 23.1 Å². The van der Waals surface area contributed by atoms with E-state index in [-0.39, 0.29) is 33.6 Å². The molecule has 0 spiro atoms. The molecule has 0 saturated heterocycles. The van der Waals surface area contributed by atoms with Gasteiger partial charge in [0.25, 0.3) is 5.56 Å². The average Bonchev–Trinajstić information content (AvgIpc) is 3.31. The van der Waals surface area contributed by atoms with Crippen molar-refractivity contribution in [2.75, 3.05) is 11.1 Å². The summed E-state index contributed by atoms with van der Waals surface area (Å²) in [6.45, 7) is 0. The summed E-state index contributed by atoms with van der Waals surface area (Å²) in [5.74, 6) is -0.950. The number of aromatic nitrogens is 2. The molecule has 0 atom stereocenters. The highest BCUT2D eigenvalue weighted by molar-refractivity contribution is 7.99. The molecule has 0 unspecified atom stereocenters. The minimum atomic E-state index is -0.731. The third kappa shape index (κ3) is 4.18. The van der Waals surface area contributed by atoms with Crippen LogP contribution in [0, 0.1) is 17.1 Å². The molecule has 168 valence electrons. The molecule has 0 saturated carbocycles. The summed E-state index contributed by atoms with van der Waals surface area (Å²) in [6, 6.07) is 18.5. The quantitative estimate of drug-likeness (QED) is 0.340. The zero-order chi connectivity index (χ0) is 23.7. The van der Waals surface area contributed by atoms with Crippen molar-refractivity contribution in [2.24, 2.45) is 0 Å². The molecule has 34 heavy (non-hydrogen) atoms. The van der Waals surface area contributed by atoms with Crippen LogP contribution in [0.25, 0.3) is 16.6 Å². The fourth-order valence-corrected chi connectivity index (χ4v) is 4.96. The summed E-state index contributed by atoms with van der Waals surface area (Å²) in [5.41, 5.74) is 3.56. The lowest BCUT2D eigenvalue weighted by Gasteiger charge is -2.14. The van der Waals surface area contributed by atoms with Gasteiger partial charge in [0, 0.05) is 5.69 Å². The highest BCUT2D eigenvalue weighted by atomic mass is 32.2. The molecule has 0 radical (unpaired) electrons. The second kappa shape index (κ2) is 9.12. The second-order valence-corrected chi connectivity index (χ2v) is 8.94. The highest BCUT2D eigenvalue weighted by Gasteiger charge is 2.17. The first kappa shape index (κ1) is 21.9. The standard InChI is InChI=1S/C26H19FN4O2S/c27-22-13-20(11-9-18(22)14-28)31-25(33)21-6-1-2-7-23(21)30-26(31)34-15-24(32)29-19-10-8-16-4-3-5-17(16)12-19/h1-2,6-13H,3-5,15H2,(H,29,32). The minimum Gasteiger partial charge on any atom is -0.325 e. The Balaban J connectivity index is 1.46. The first-order chi connectivity index (χ1) is 16.5. The van der Waals surface area contributed by atoms with E-state index in [0.29, 0.717) is 10.9 Å². The van der Waals surface area contributed by atoms with Gasteiger partial charge in [0.2, 0.25) is 5.91 Å². The number of nitrogens with zero attached hydrogens (tertiary/aromatic N) is 3. The van der Waals surface area contributed by atoms with Gasteiger partial charge in [-0.05, 0) is 72.9 Å². The van der Waals surface area contributed by atoms with E-state index in [1.807, 2.05) is 18.2 Å². The van der Waals surface area contributed by atoms with Crippen LogP contribution in [0.15, 0.2) is 70.6 Å². The number of nitriles is 1. The molecule has 6 nitrogen and oxygen atoms in total. The van der Waals surface area contributed by atoms with E-state index < -0.39 is 5.82 Å². The lowest BCUT2D eigenvalue weighted by Crippen LogP contribution is -2.23. The SMILES string of the molecule is N#Cc1ccc(-n2c(SCC(=O)Nc3ccc4c(c3)CCC4)nc3ccccc3c2=O)cc1F. The van der Waals surface area contributed by atoms with Gasteiger partial charge in [-0.2, -0.15) is 5.26 Å². The molecule has 0 fully saturated rings. The molecule has 1 aromatic heterocycles. The Morgan fingerprint density at radius 3 is 2.76 bits per heavy atom. The molecule has 1 N–H and O–H groups in total. The number of nitrogens with one attached hydrogen (secondary N) is 1. The van der Waals surface area contributed by atoms with Crippen molar-refractivity contribution in [3.63, 3.8) is 0 Å². The van der Waals surface area contributed by atoms with Gasteiger partial charge < -0.3 is 5.32 Å². The summed E-state index contributed by atoms with van der Waals surface area (Å²) in [7, 11) is 0. The van der Waals surface area contributed by atoms with Gasteiger partial charge in [-0.25, -0.2) is 9.37 Å². The number of rotatable bonds is 5. The molecule has 0 aliphatic heterocycles. The van der Waals surface area contributed by atoms with E-state index in [4.69, 9.17) is 5.26 Å². The minimum absolute atomic E-state index is 0.0145. The van der Waals surface area contributed by atoms with Crippen LogP contribution in [0.4, 0.5) is 10.1 Å². The maximum atomic E-state index is 14.3. The maximum absolute atomic E-state index is 14.3. The number of benzene rings is 3. The van der Waals surface area contributed by atoms with Crippen LogP contribution < -0.4 is 10.9 Å². The van der Waals surface area contributed by atoms with Gasteiger partial charge in [-0.15, -0.1) is 0 Å².